The normalized spacial score (nSPS) is 15.8. The molecule has 1 aliphatic heterocycles. The van der Waals surface area contributed by atoms with Crippen molar-refractivity contribution in [2.75, 3.05) is 20.8 Å². The number of carboxylic acids is 1. The van der Waals surface area contributed by atoms with Crippen LogP contribution in [0.25, 0.3) is 6.08 Å². The van der Waals surface area contributed by atoms with Crippen LogP contribution in [0.15, 0.2) is 28.7 Å². The molecule has 7 nitrogen and oxygen atoms in total. The van der Waals surface area contributed by atoms with Crippen LogP contribution in [0.1, 0.15) is 12.5 Å². The van der Waals surface area contributed by atoms with E-state index in [0.29, 0.717) is 20.7 Å². The van der Waals surface area contributed by atoms with Crippen molar-refractivity contribution in [2.45, 2.75) is 6.92 Å². The molecule has 0 aromatic heterocycles. The smallest absolute Gasteiger partial charge is 0.341 e. The van der Waals surface area contributed by atoms with E-state index < -0.39 is 12.6 Å². The van der Waals surface area contributed by atoms with Gasteiger partial charge in [0.25, 0.3) is 5.91 Å². The number of carboxylic acid groups (broad SMARTS) is 1. The number of thiocarbonyl (C=S) groups is 1. The predicted octanol–water partition coefficient (Wildman–Crippen LogP) is 2.60. The molecule has 2 N–H and O–H groups in total. The number of thioether (sulfide) groups is 1. The molecule has 9 heteroatoms. The van der Waals surface area contributed by atoms with Gasteiger partial charge in [-0.25, -0.2) is 4.79 Å². The summed E-state index contributed by atoms with van der Waals surface area (Å²) in [7, 11) is 2.90. The fourth-order valence-corrected chi connectivity index (χ4v) is 3.19. The third-order valence-corrected chi connectivity index (χ3v) is 4.67. The second-order valence-corrected chi connectivity index (χ2v) is 6.81. The number of methoxy groups -OCH3 is 2. The van der Waals surface area contributed by atoms with Crippen molar-refractivity contribution in [3.8, 4) is 17.2 Å². The molecule has 0 atom stereocenters. The molecule has 1 aromatic rings. The van der Waals surface area contributed by atoms with Gasteiger partial charge in [-0.15, -0.1) is 0 Å². The molecule has 0 bridgehead atoms. The summed E-state index contributed by atoms with van der Waals surface area (Å²) in [5.74, 6) is -0.435. The molecule has 0 aliphatic carbocycles. The highest BCUT2D eigenvalue weighted by atomic mass is 32.2. The number of allylic oxidation sites excluding steroid dienone is 2. The van der Waals surface area contributed by atoms with E-state index in [4.69, 9.17) is 31.5 Å². The minimum Gasteiger partial charge on any atom is -0.493 e. The summed E-state index contributed by atoms with van der Waals surface area (Å²) < 4.78 is 16.2. The van der Waals surface area contributed by atoms with Gasteiger partial charge in [0.1, 0.15) is 4.32 Å². The van der Waals surface area contributed by atoms with Crippen LogP contribution in [0.2, 0.25) is 0 Å². The fraction of sp³-hybridized carbons (Fsp3) is 0.235. The monoisotopic (exact) mass is 395 g/mol. The van der Waals surface area contributed by atoms with Crippen LogP contribution in [0.4, 0.5) is 0 Å². The van der Waals surface area contributed by atoms with Gasteiger partial charge in [0.15, 0.2) is 18.1 Å². The lowest BCUT2D eigenvalue weighted by Gasteiger charge is -2.14. The van der Waals surface area contributed by atoms with Crippen LogP contribution >= 0.6 is 24.0 Å². The molecular formula is C17H17NO6S2. The molecule has 1 fully saturated rings. The summed E-state index contributed by atoms with van der Waals surface area (Å²) in [6.07, 6.45) is 3.56. The van der Waals surface area contributed by atoms with Crippen LogP contribution in [0.3, 0.4) is 0 Å². The first kappa shape index (κ1) is 19.8. The van der Waals surface area contributed by atoms with Gasteiger partial charge in [-0.3, -0.25) is 4.79 Å². The molecule has 0 unspecified atom stereocenters. The lowest BCUT2D eigenvalue weighted by Crippen LogP contribution is -2.18. The minimum atomic E-state index is -1.11. The summed E-state index contributed by atoms with van der Waals surface area (Å²) >= 11 is 6.20. The molecule has 2 rings (SSSR count). The number of hydrogen-bond acceptors (Lipinski definition) is 7. The zero-order valence-electron chi connectivity index (χ0n) is 14.3. The average molecular weight is 395 g/mol. The highest BCUT2D eigenvalue weighted by Crippen LogP contribution is 2.39. The largest absolute Gasteiger partial charge is 0.493 e. The summed E-state index contributed by atoms with van der Waals surface area (Å²) in [5, 5.41) is 11.4. The second-order valence-electron chi connectivity index (χ2n) is 5.13. The molecule has 0 radical (unpaired) electrons. The number of aliphatic carboxylic acids is 1. The van der Waals surface area contributed by atoms with Crippen molar-refractivity contribution in [1.29, 1.82) is 0 Å². The minimum absolute atomic E-state index is 0.209. The zero-order valence-corrected chi connectivity index (χ0v) is 16.0. The highest BCUT2D eigenvalue weighted by Gasteiger charge is 2.23. The van der Waals surface area contributed by atoms with Crippen LogP contribution in [-0.2, 0) is 9.59 Å². The summed E-state index contributed by atoms with van der Waals surface area (Å²) in [5.41, 5.74) is 1.49. The molecule has 1 amide bonds. The molecule has 0 saturated carbocycles. The van der Waals surface area contributed by atoms with Crippen LogP contribution in [0.5, 0.6) is 17.2 Å². The molecule has 0 spiro atoms. The van der Waals surface area contributed by atoms with Crippen molar-refractivity contribution < 1.29 is 28.9 Å². The fourth-order valence-electron chi connectivity index (χ4n) is 2.14. The topological polar surface area (TPSA) is 94.1 Å². The molecule has 138 valence electrons. The Morgan fingerprint density at radius 2 is 1.92 bits per heavy atom. The number of ether oxygens (including phenoxy) is 3. The van der Waals surface area contributed by atoms with Crippen molar-refractivity contribution in [3.63, 3.8) is 0 Å². The van der Waals surface area contributed by atoms with E-state index >= 15 is 0 Å². The van der Waals surface area contributed by atoms with Crippen molar-refractivity contribution in [2.24, 2.45) is 0 Å². The van der Waals surface area contributed by atoms with Gasteiger partial charge < -0.3 is 24.6 Å². The van der Waals surface area contributed by atoms with E-state index in [1.807, 2.05) is 6.92 Å². The van der Waals surface area contributed by atoms with Crippen molar-refractivity contribution in [1.82, 2.24) is 5.32 Å². The standard InChI is InChI=1S/C17H17NO6S2/c1-9(15-16(21)18-17(25)26-15)4-5-10-6-11(22-2)14(12(7-10)23-3)24-8-13(19)20/h4-7H,8H2,1-3H3,(H,19,20)(H,18,21,25)/b5-4+,15-9+. The van der Waals surface area contributed by atoms with Gasteiger partial charge in [0.2, 0.25) is 5.75 Å². The number of benzene rings is 1. The van der Waals surface area contributed by atoms with Crippen molar-refractivity contribution in [3.05, 3.63) is 34.3 Å². The maximum atomic E-state index is 11.8. The Labute approximate surface area is 160 Å². The van der Waals surface area contributed by atoms with E-state index in [9.17, 15) is 9.59 Å². The molecule has 1 aliphatic rings. The van der Waals surface area contributed by atoms with E-state index in [1.54, 1.807) is 24.3 Å². The molecule has 1 heterocycles. The van der Waals surface area contributed by atoms with Gasteiger partial charge in [-0.1, -0.05) is 36.1 Å². The summed E-state index contributed by atoms with van der Waals surface area (Å²) in [6.45, 7) is 1.30. The first-order valence-corrected chi connectivity index (χ1v) is 8.61. The first-order valence-electron chi connectivity index (χ1n) is 7.38. The Bertz CT molecular complexity index is 790. The van der Waals surface area contributed by atoms with Gasteiger partial charge in [-0.2, -0.15) is 0 Å². The molecule has 1 saturated heterocycles. The maximum absolute atomic E-state index is 11.8. The quantitative estimate of drug-likeness (QED) is 0.537. The Kier molecular flexibility index (Phi) is 6.64. The Balaban J connectivity index is 2.32. The van der Waals surface area contributed by atoms with Crippen molar-refractivity contribution >= 4 is 46.3 Å². The van der Waals surface area contributed by atoms with Gasteiger partial charge in [0.05, 0.1) is 19.1 Å². The Morgan fingerprint density at radius 1 is 1.31 bits per heavy atom. The third kappa shape index (κ3) is 4.77. The summed E-state index contributed by atoms with van der Waals surface area (Å²) in [4.78, 5) is 23.1. The third-order valence-electron chi connectivity index (χ3n) is 3.32. The van der Waals surface area contributed by atoms with E-state index in [-0.39, 0.29) is 11.7 Å². The Morgan fingerprint density at radius 3 is 2.38 bits per heavy atom. The number of carbonyl (C=O) groups is 2. The maximum Gasteiger partial charge on any atom is 0.341 e. The van der Waals surface area contributed by atoms with Gasteiger partial charge in [0, 0.05) is 0 Å². The number of nitrogens with one attached hydrogen (secondary N) is 1. The van der Waals surface area contributed by atoms with Gasteiger partial charge >= 0.3 is 5.97 Å². The molecular weight excluding hydrogens is 378 g/mol. The molecule has 26 heavy (non-hydrogen) atoms. The van der Waals surface area contributed by atoms with E-state index in [2.05, 4.69) is 5.32 Å². The number of rotatable bonds is 7. The van der Waals surface area contributed by atoms with Crippen LogP contribution in [0, 0.1) is 0 Å². The lowest BCUT2D eigenvalue weighted by molar-refractivity contribution is -0.139. The van der Waals surface area contributed by atoms with Crippen LogP contribution in [-0.4, -0.2) is 42.1 Å². The lowest BCUT2D eigenvalue weighted by atomic mass is 10.1. The Hall–Kier alpha value is -2.52. The van der Waals surface area contributed by atoms with Gasteiger partial charge in [-0.05, 0) is 30.2 Å². The summed E-state index contributed by atoms with van der Waals surface area (Å²) in [6, 6.07) is 3.36. The van der Waals surface area contributed by atoms with Crippen LogP contribution < -0.4 is 19.5 Å². The van der Waals surface area contributed by atoms with E-state index in [1.165, 1.54) is 26.0 Å². The zero-order chi connectivity index (χ0) is 19.3. The second kappa shape index (κ2) is 8.72. The highest BCUT2D eigenvalue weighted by molar-refractivity contribution is 8.26. The van der Waals surface area contributed by atoms with E-state index in [0.717, 1.165) is 11.1 Å². The number of carbonyl (C=O) groups excluding carboxylic acids is 1. The molecule has 1 aromatic carbocycles. The average Bonchev–Trinajstić information content (AvgIpc) is 2.95. The first-order chi connectivity index (χ1) is 12.3. The predicted molar refractivity (Wildman–Crippen MR) is 103 cm³/mol. The number of amides is 1. The SMILES string of the molecule is COc1cc(/C=C/C(C)=C2/SC(=S)NC2=O)cc(OC)c1OCC(=O)O. The number of hydrogen-bond donors (Lipinski definition) is 2.